The number of pyridine rings is 1. The number of amides is 1. The van der Waals surface area contributed by atoms with E-state index in [-0.39, 0.29) is 11.9 Å². The highest BCUT2D eigenvalue weighted by Crippen LogP contribution is 2.30. The van der Waals surface area contributed by atoms with Crippen LogP contribution >= 0.6 is 0 Å². The van der Waals surface area contributed by atoms with Gasteiger partial charge in [0.1, 0.15) is 5.75 Å². The summed E-state index contributed by atoms with van der Waals surface area (Å²) in [7, 11) is 1.70. The maximum absolute atomic E-state index is 11.7. The molecule has 0 spiro atoms. The molecule has 1 amide bonds. The van der Waals surface area contributed by atoms with E-state index in [0.717, 1.165) is 49.5 Å². The second-order valence-electron chi connectivity index (χ2n) is 7.22. The summed E-state index contributed by atoms with van der Waals surface area (Å²) in [6.07, 6.45) is 8.21. The number of ether oxygens (including phenoxy) is 1. The van der Waals surface area contributed by atoms with Crippen LogP contribution in [0, 0.1) is 5.92 Å². The first-order valence-corrected chi connectivity index (χ1v) is 9.87. The van der Waals surface area contributed by atoms with Gasteiger partial charge >= 0.3 is 0 Å². The van der Waals surface area contributed by atoms with Gasteiger partial charge in [-0.25, -0.2) is 0 Å². The van der Waals surface area contributed by atoms with E-state index in [2.05, 4.69) is 33.4 Å². The fraction of sp³-hybridized carbons (Fsp3) is 0.391. The maximum Gasteiger partial charge on any atom is 0.217 e. The molecule has 1 atom stereocenters. The summed E-state index contributed by atoms with van der Waals surface area (Å²) in [6.45, 7) is 4.53. The lowest BCUT2D eigenvalue weighted by Crippen LogP contribution is -2.40. The quantitative estimate of drug-likeness (QED) is 0.797. The van der Waals surface area contributed by atoms with Crippen LogP contribution in [0.1, 0.15) is 37.1 Å². The van der Waals surface area contributed by atoms with Crippen molar-refractivity contribution in [2.45, 2.75) is 25.8 Å². The first-order chi connectivity index (χ1) is 13.7. The Morgan fingerprint density at radius 2 is 2.00 bits per heavy atom. The van der Waals surface area contributed by atoms with Crippen LogP contribution in [0.5, 0.6) is 5.75 Å². The highest BCUT2D eigenvalue weighted by atomic mass is 16.5. The Balaban J connectivity index is 1.55. The highest BCUT2D eigenvalue weighted by Gasteiger charge is 2.28. The van der Waals surface area contributed by atoms with E-state index >= 15 is 0 Å². The summed E-state index contributed by atoms with van der Waals surface area (Å²) in [4.78, 5) is 18.6. The van der Waals surface area contributed by atoms with Crippen LogP contribution in [0.3, 0.4) is 0 Å². The number of likely N-dealkylation sites (tertiary alicyclic amines) is 1. The Bertz CT molecular complexity index is 783. The number of hydrogen-bond acceptors (Lipinski definition) is 4. The molecule has 148 valence electrons. The number of rotatable bonds is 7. The van der Waals surface area contributed by atoms with Gasteiger partial charge in [-0.2, -0.15) is 0 Å². The van der Waals surface area contributed by atoms with Crippen LogP contribution in [-0.4, -0.2) is 42.5 Å². The number of methoxy groups -OCH3 is 1. The van der Waals surface area contributed by atoms with E-state index < -0.39 is 0 Å². The van der Waals surface area contributed by atoms with Crippen molar-refractivity contribution in [3.8, 4) is 5.75 Å². The van der Waals surface area contributed by atoms with Gasteiger partial charge in [0.25, 0.3) is 0 Å². The van der Waals surface area contributed by atoms with Crippen molar-refractivity contribution >= 4 is 12.0 Å². The molecular weight excluding hydrogens is 350 g/mol. The lowest BCUT2D eigenvalue weighted by atomic mass is 9.87. The van der Waals surface area contributed by atoms with Crippen LogP contribution in [0.2, 0.25) is 0 Å². The molecule has 1 aromatic heterocycles. The second kappa shape index (κ2) is 10.0. The number of nitrogens with zero attached hydrogens (tertiary/aromatic N) is 2. The first kappa shape index (κ1) is 20.1. The number of piperidine rings is 1. The van der Waals surface area contributed by atoms with Gasteiger partial charge in [0.05, 0.1) is 18.8 Å². The van der Waals surface area contributed by atoms with Gasteiger partial charge in [0.15, 0.2) is 0 Å². The molecule has 1 aliphatic heterocycles. The third-order valence-electron chi connectivity index (χ3n) is 5.27. The van der Waals surface area contributed by atoms with Crippen LogP contribution in [-0.2, 0) is 4.79 Å². The molecule has 2 aromatic rings. The summed E-state index contributed by atoms with van der Waals surface area (Å²) in [5.41, 5.74) is 2.05. The molecule has 1 aliphatic rings. The number of hydrogen-bond donors (Lipinski definition) is 1. The number of nitrogens with one attached hydrogen (secondary N) is 1. The van der Waals surface area contributed by atoms with Crippen molar-refractivity contribution in [1.29, 1.82) is 0 Å². The van der Waals surface area contributed by atoms with Gasteiger partial charge in [-0.1, -0.05) is 36.4 Å². The van der Waals surface area contributed by atoms with Gasteiger partial charge in [-0.15, -0.1) is 0 Å². The number of benzene rings is 1. The fourth-order valence-corrected chi connectivity index (χ4v) is 3.81. The molecule has 1 fully saturated rings. The van der Waals surface area contributed by atoms with E-state index in [1.807, 2.05) is 36.4 Å². The van der Waals surface area contributed by atoms with Gasteiger partial charge in [-0.3, -0.25) is 14.7 Å². The van der Waals surface area contributed by atoms with Crippen LogP contribution in [0.25, 0.3) is 6.08 Å². The van der Waals surface area contributed by atoms with Crippen molar-refractivity contribution in [3.05, 3.63) is 66.0 Å². The van der Waals surface area contributed by atoms with E-state index in [1.165, 1.54) is 0 Å². The zero-order valence-corrected chi connectivity index (χ0v) is 16.7. The standard InChI is InChI=1S/C23H29N3O2/c1-18(27)25-23(21-10-5-6-14-24-21)20-12-16-26(17-13-20)15-7-9-19-8-3-4-11-22(19)28-2/h3-11,14,20,23H,12-13,15-17H2,1-2H3,(H,25,27)/b9-7+/t23-/m1/s1. The lowest BCUT2D eigenvalue weighted by molar-refractivity contribution is -0.120. The summed E-state index contributed by atoms with van der Waals surface area (Å²) in [5, 5.41) is 3.11. The van der Waals surface area contributed by atoms with Crippen LogP contribution in [0.15, 0.2) is 54.7 Å². The molecule has 0 radical (unpaired) electrons. The SMILES string of the molecule is COc1ccccc1/C=C/CN1CCC([C@@H](NC(C)=O)c2ccccn2)CC1. The molecule has 3 rings (SSSR count). The van der Waals surface area contributed by atoms with Crippen molar-refractivity contribution in [2.75, 3.05) is 26.7 Å². The molecule has 0 bridgehead atoms. The molecule has 5 heteroatoms. The Morgan fingerprint density at radius 1 is 1.25 bits per heavy atom. The molecule has 0 unspecified atom stereocenters. The first-order valence-electron chi connectivity index (χ1n) is 9.87. The highest BCUT2D eigenvalue weighted by molar-refractivity contribution is 5.73. The summed E-state index contributed by atoms with van der Waals surface area (Å²) >= 11 is 0. The van der Waals surface area contributed by atoms with Gasteiger partial charge < -0.3 is 10.1 Å². The predicted octanol–water partition coefficient (Wildman–Crippen LogP) is 3.69. The molecule has 0 aliphatic carbocycles. The maximum atomic E-state index is 11.7. The average molecular weight is 380 g/mol. The summed E-state index contributed by atoms with van der Waals surface area (Å²) in [5.74, 6) is 1.30. The molecule has 1 saturated heterocycles. The third kappa shape index (κ3) is 5.42. The Kier molecular flexibility index (Phi) is 7.20. The average Bonchev–Trinajstić information content (AvgIpc) is 2.73. The third-order valence-corrected chi connectivity index (χ3v) is 5.27. The molecule has 5 nitrogen and oxygen atoms in total. The number of para-hydroxylation sites is 1. The van der Waals surface area contributed by atoms with E-state index in [1.54, 1.807) is 20.2 Å². The van der Waals surface area contributed by atoms with Crippen LogP contribution < -0.4 is 10.1 Å². The summed E-state index contributed by atoms with van der Waals surface area (Å²) < 4.78 is 5.40. The lowest BCUT2D eigenvalue weighted by Gasteiger charge is -2.35. The number of carbonyl (C=O) groups excluding carboxylic acids is 1. The van der Waals surface area contributed by atoms with Crippen molar-refractivity contribution < 1.29 is 9.53 Å². The topological polar surface area (TPSA) is 54.5 Å². The Morgan fingerprint density at radius 3 is 2.68 bits per heavy atom. The predicted molar refractivity (Wildman–Crippen MR) is 112 cm³/mol. The zero-order valence-electron chi connectivity index (χ0n) is 16.7. The van der Waals surface area contributed by atoms with E-state index in [9.17, 15) is 4.79 Å². The molecule has 2 heterocycles. The van der Waals surface area contributed by atoms with Crippen LogP contribution in [0.4, 0.5) is 0 Å². The van der Waals surface area contributed by atoms with E-state index in [0.29, 0.717) is 5.92 Å². The van der Waals surface area contributed by atoms with Gasteiger partial charge in [-0.05, 0) is 50.0 Å². The normalized spacial score (nSPS) is 16.8. The summed E-state index contributed by atoms with van der Waals surface area (Å²) in [6, 6.07) is 13.9. The molecule has 28 heavy (non-hydrogen) atoms. The molecule has 1 aromatic carbocycles. The monoisotopic (exact) mass is 379 g/mol. The number of carbonyl (C=O) groups is 1. The number of aromatic nitrogens is 1. The largest absolute Gasteiger partial charge is 0.496 e. The van der Waals surface area contributed by atoms with Gasteiger partial charge in [0.2, 0.25) is 5.91 Å². The Hall–Kier alpha value is -2.66. The molecule has 1 N–H and O–H groups in total. The molecular formula is C23H29N3O2. The minimum absolute atomic E-state index is 0.00201. The van der Waals surface area contributed by atoms with Crippen molar-refractivity contribution in [2.24, 2.45) is 5.92 Å². The zero-order chi connectivity index (χ0) is 19.8. The van der Waals surface area contributed by atoms with Gasteiger partial charge in [0, 0.05) is 25.2 Å². The minimum Gasteiger partial charge on any atom is -0.496 e. The second-order valence-corrected chi connectivity index (χ2v) is 7.22. The fourth-order valence-electron chi connectivity index (χ4n) is 3.81. The smallest absolute Gasteiger partial charge is 0.217 e. The molecule has 0 saturated carbocycles. The van der Waals surface area contributed by atoms with Crippen molar-refractivity contribution in [1.82, 2.24) is 15.2 Å². The van der Waals surface area contributed by atoms with E-state index in [4.69, 9.17) is 4.74 Å². The Labute approximate surface area is 167 Å². The van der Waals surface area contributed by atoms with Crippen molar-refractivity contribution in [3.63, 3.8) is 0 Å². The minimum atomic E-state index is -0.00929.